The van der Waals surface area contributed by atoms with Crippen molar-refractivity contribution in [1.29, 1.82) is 0 Å². The Hall–Kier alpha value is -0.0400. The Bertz CT molecular complexity index is 188. The SMILES string of the molecule is CC(C)CC(C)NC1C[C@H]2CC[C@@H]1C2. The molecule has 0 spiro atoms. The monoisotopic (exact) mass is 195 g/mol. The van der Waals surface area contributed by atoms with E-state index in [-0.39, 0.29) is 0 Å². The summed E-state index contributed by atoms with van der Waals surface area (Å²) in [7, 11) is 0. The van der Waals surface area contributed by atoms with Gasteiger partial charge in [-0.2, -0.15) is 0 Å². The molecule has 1 nitrogen and oxygen atoms in total. The molecule has 2 rings (SSSR count). The van der Waals surface area contributed by atoms with E-state index >= 15 is 0 Å². The molecule has 2 fully saturated rings. The normalized spacial score (nSPS) is 38.1. The Labute approximate surface area is 88.7 Å². The summed E-state index contributed by atoms with van der Waals surface area (Å²) in [4.78, 5) is 0. The topological polar surface area (TPSA) is 12.0 Å². The van der Waals surface area contributed by atoms with Crippen molar-refractivity contribution in [3.63, 3.8) is 0 Å². The van der Waals surface area contributed by atoms with Crippen molar-refractivity contribution in [2.24, 2.45) is 17.8 Å². The second-order valence-corrected chi connectivity index (χ2v) is 5.98. The van der Waals surface area contributed by atoms with E-state index in [1.165, 1.54) is 32.1 Å². The van der Waals surface area contributed by atoms with Gasteiger partial charge in [-0.05, 0) is 50.4 Å². The molecule has 0 aliphatic heterocycles. The van der Waals surface area contributed by atoms with E-state index < -0.39 is 0 Å². The summed E-state index contributed by atoms with van der Waals surface area (Å²) >= 11 is 0. The highest BCUT2D eigenvalue weighted by atomic mass is 15.0. The number of hydrogen-bond acceptors (Lipinski definition) is 1. The van der Waals surface area contributed by atoms with Crippen LogP contribution in [0.15, 0.2) is 0 Å². The minimum Gasteiger partial charge on any atom is -0.311 e. The van der Waals surface area contributed by atoms with Crippen molar-refractivity contribution in [2.75, 3.05) is 0 Å². The third-order valence-electron chi connectivity index (χ3n) is 4.06. The molecule has 82 valence electrons. The van der Waals surface area contributed by atoms with E-state index in [0.717, 1.165) is 29.8 Å². The zero-order valence-electron chi connectivity index (χ0n) is 9.92. The van der Waals surface area contributed by atoms with E-state index in [1.807, 2.05) is 0 Å². The predicted molar refractivity (Wildman–Crippen MR) is 61.3 cm³/mol. The zero-order chi connectivity index (χ0) is 10.1. The molecule has 0 aromatic carbocycles. The maximum atomic E-state index is 3.84. The van der Waals surface area contributed by atoms with Gasteiger partial charge in [0, 0.05) is 12.1 Å². The van der Waals surface area contributed by atoms with Gasteiger partial charge in [0.2, 0.25) is 0 Å². The van der Waals surface area contributed by atoms with Crippen LogP contribution in [-0.4, -0.2) is 12.1 Å². The molecule has 1 heteroatoms. The lowest BCUT2D eigenvalue weighted by Crippen LogP contribution is -2.40. The molecular weight excluding hydrogens is 170 g/mol. The van der Waals surface area contributed by atoms with E-state index in [1.54, 1.807) is 0 Å². The fraction of sp³-hybridized carbons (Fsp3) is 1.00. The molecule has 1 N–H and O–H groups in total. The fourth-order valence-electron chi connectivity index (χ4n) is 3.59. The van der Waals surface area contributed by atoms with Gasteiger partial charge in [-0.3, -0.25) is 0 Å². The van der Waals surface area contributed by atoms with Crippen LogP contribution in [0.25, 0.3) is 0 Å². The Morgan fingerprint density at radius 2 is 1.93 bits per heavy atom. The van der Waals surface area contributed by atoms with Gasteiger partial charge in [0.05, 0.1) is 0 Å². The van der Waals surface area contributed by atoms with Crippen molar-refractivity contribution in [3.05, 3.63) is 0 Å². The summed E-state index contributed by atoms with van der Waals surface area (Å²) in [6, 6.07) is 1.59. The van der Waals surface area contributed by atoms with Crippen molar-refractivity contribution >= 4 is 0 Å². The summed E-state index contributed by atoms with van der Waals surface area (Å²) in [5.74, 6) is 2.93. The van der Waals surface area contributed by atoms with E-state index in [9.17, 15) is 0 Å². The molecule has 2 bridgehead atoms. The van der Waals surface area contributed by atoms with Gasteiger partial charge in [0.15, 0.2) is 0 Å². The molecule has 2 aliphatic carbocycles. The van der Waals surface area contributed by atoms with Crippen LogP contribution in [0, 0.1) is 17.8 Å². The molecule has 2 saturated carbocycles. The van der Waals surface area contributed by atoms with Gasteiger partial charge < -0.3 is 5.32 Å². The molecule has 0 amide bonds. The molecule has 0 aromatic rings. The predicted octanol–water partition coefficient (Wildman–Crippen LogP) is 3.20. The van der Waals surface area contributed by atoms with Crippen LogP contribution in [0.1, 0.15) is 52.9 Å². The summed E-state index contributed by atoms with van der Waals surface area (Å²) in [6.45, 7) is 6.99. The summed E-state index contributed by atoms with van der Waals surface area (Å²) in [5.41, 5.74) is 0. The van der Waals surface area contributed by atoms with E-state index in [2.05, 4.69) is 26.1 Å². The largest absolute Gasteiger partial charge is 0.311 e. The number of hydrogen-bond donors (Lipinski definition) is 1. The molecule has 0 heterocycles. The first-order chi connectivity index (χ1) is 6.65. The molecule has 0 aromatic heterocycles. The highest BCUT2D eigenvalue weighted by molar-refractivity contribution is 4.94. The molecular formula is C13H25N. The minimum atomic E-state index is 0.722. The summed E-state index contributed by atoms with van der Waals surface area (Å²) in [6.07, 6.45) is 7.32. The second kappa shape index (κ2) is 4.22. The van der Waals surface area contributed by atoms with Crippen LogP contribution in [0.3, 0.4) is 0 Å². The van der Waals surface area contributed by atoms with Crippen molar-refractivity contribution < 1.29 is 0 Å². The van der Waals surface area contributed by atoms with Gasteiger partial charge in [-0.1, -0.05) is 20.3 Å². The number of nitrogens with one attached hydrogen (secondary N) is 1. The average Bonchev–Trinajstić information content (AvgIpc) is 2.62. The lowest BCUT2D eigenvalue weighted by atomic mass is 9.94. The maximum Gasteiger partial charge on any atom is 0.0100 e. The lowest BCUT2D eigenvalue weighted by Gasteiger charge is -2.27. The molecule has 0 radical (unpaired) electrons. The molecule has 0 saturated heterocycles. The fourth-order valence-corrected chi connectivity index (χ4v) is 3.59. The van der Waals surface area contributed by atoms with Gasteiger partial charge in [-0.15, -0.1) is 0 Å². The standard InChI is InChI=1S/C13H25N/c1-9(2)6-10(3)14-13-8-11-4-5-12(13)7-11/h9-14H,4-8H2,1-3H3/t10?,11-,12+,13?/m0/s1. The molecule has 14 heavy (non-hydrogen) atoms. The minimum absolute atomic E-state index is 0.722. The number of fused-ring (bicyclic) bond motifs is 2. The smallest absolute Gasteiger partial charge is 0.0100 e. The number of rotatable bonds is 4. The molecule has 4 atom stereocenters. The quantitative estimate of drug-likeness (QED) is 0.726. The van der Waals surface area contributed by atoms with Gasteiger partial charge >= 0.3 is 0 Å². The summed E-state index contributed by atoms with van der Waals surface area (Å²) < 4.78 is 0. The van der Waals surface area contributed by atoms with Gasteiger partial charge in [0.25, 0.3) is 0 Å². The van der Waals surface area contributed by atoms with Crippen LogP contribution in [-0.2, 0) is 0 Å². The Morgan fingerprint density at radius 3 is 2.43 bits per heavy atom. The maximum absolute atomic E-state index is 3.84. The van der Waals surface area contributed by atoms with Crippen LogP contribution in [0.5, 0.6) is 0 Å². The third kappa shape index (κ3) is 2.31. The third-order valence-corrected chi connectivity index (χ3v) is 4.06. The first-order valence-corrected chi connectivity index (χ1v) is 6.41. The molecule has 2 unspecified atom stereocenters. The van der Waals surface area contributed by atoms with Crippen LogP contribution in [0.2, 0.25) is 0 Å². The van der Waals surface area contributed by atoms with Crippen LogP contribution >= 0.6 is 0 Å². The zero-order valence-corrected chi connectivity index (χ0v) is 9.92. The van der Waals surface area contributed by atoms with Gasteiger partial charge in [0.1, 0.15) is 0 Å². The van der Waals surface area contributed by atoms with E-state index in [0.29, 0.717) is 0 Å². The van der Waals surface area contributed by atoms with Crippen molar-refractivity contribution in [2.45, 2.75) is 65.0 Å². The highest BCUT2D eigenvalue weighted by Crippen LogP contribution is 2.44. The van der Waals surface area contributed by atoms with Crippen LogP contribution < -0.4 is 5.32 Å². The Balaban J connectivity index is 1.75. The summed E-state index contributed by atoms with van der Waals surface area (Å²) in [5, 5.41) is 3.84. The lowest BCUT2D eigenvalue weighted by molar-refractivity contribution is 0.305. The highest BCUT2D eigenvalue weighted by Gasteiger charge is 2.39. The second-order valence-electron chi connectivity index (χ2n) is 5.98. The Morgan fingerprint density at radius 1 is 1.14 bits per heavy atom. The van der Waals surface area contributed by atoms with Gasteiger partial charge in [-0.25, -0.2) is 0 Å². The van der Waals surface area contributed by atoms with Crippen molar-refractivity contribution in [3.8, 4) is 0 Å². The van der Waals surface area contributed by atoms with Crippen LogP contribution in [0.4, 0.5) is 0 Å². The average molecular weight is 195 g/mol. The van der Waals surface area contributed by atoms with Crippen molar-refractivity contribution in [1.82, 2.24) is 5.32 Å². The first kappa shape index (κ1) is 10.5. The molecule has 2 aliphatic rings. The van der Waals surface area contributed by atoms with E-state index in [4.69, 9.17) is 0 Å². The Kier molecular flexibility index (Phi) is 3.16. The first-order valence-electron chi connectivity index (χ1n) is 6.41.